The lowest BCUT2D eigenvalue weighted by Gasteiger charge is -2.25. The van der Waals surface area contributed by atoms with E-state index in [1.807, 2.05) is 0 Å². The first kappa shape index (κ1) is 19.3. The van der Waals surface area contributed by atoms with Crippen molar-refractivity contribution in [2.45, 2.75) is 18.6 Å². The van der Waals surface area contributed by atoms with Gasteiger partial charge in [-0.3, -0.25) is 19.5 Å². The molecule has 2 amide bonds. The average Bonchev–Trinajstić information content (AvgIpc) is 2.65. The summed E-state index contributed by atoms with van der Waals surface area (Å²) in [6.45, 7) is 0. The fraction of sp³-hybridized carbons (Fsp3) is 0.222. The van der Waals surface area contributed by atoms with E-state index in [0.29, 0.717) is 17.4 Å². The summed E-state index contributed by atoms with van der Waals surface area (Å²) in [4.78, 5) is 33.3. The summed E-state index contributed by atoms with van der Waals surface area (Å²) in [5.74, 6) is -0.737. The van der Waals surface area contributed by atoms with Crippen LogP contribution in [0.5, 0.6) is 0 Å². The number of alkyl halides is 3. The van der Waals surface area contributed by atoms with Gasteiger partial charge in [-0.1, -0.05) is 12.1 Å². The number of hydrogen-bond acceptors (Lipinski definition) is 5. The fourth-order valence-corrected chi connectivity index (χ4v) is 2.63. The van der Waals surface area contributed by atoms with Crippen molar-refractivity contribution >= 4 is 23.5 Å². The zero-order valence-electron chi connectivity index (χ0n) is 14.7. The smallest absolute Gasteiger partial charge is 0.369 e. The molecule has 1 unspecified atom stereocenters. The van der Waals surface area contributed by atoms with Crippen molar-refractivity contribution in [2.75, 3.05) is 12.4 Å². The third-order valence-electron chi connectivity index (χ3n) is 4.23. The maximum atomic E-state index is 12.6. The molecule has 28 heavy (non-hydrogen) atoms. The molecule has 2 aromatic rings. The van der Waals surface area contributed by atoms with E-state index in [1.165, 1.54) is 11.9 Å². The third-order valence-corrected chi connectivity index (χ3v) is 4.23. The highest BCUT2D eigenvalue weighted by Gasteiger charge is 2.31. The number of carbonyl (C=O) groups is 2. The van der Waals surface area contributed by atoms with Crippen LogP contribution in [0, 0.1) is 0 Å². The molecule has 0 spiro atoms. The Kier molecular flexibility index (Phi) is 5.04. The summed E-state index contributed by atoms with van der Waals surface area (Å²) in [5.41, 5.74) is 5.70. The molecule has 0 radical (unpaired) electrons. The van der Waals surface area contributed by atoms with Gasteiger partial charge in [0.15, 0.2) is 5.96 Å². The third kappa shape index (κ3) is 4.11. The molecule has 7 nitrogen and oxygen atoms in total. The number of anilines is 1. The molecular formula is C18H16F3N5O2. The van der Waals surface area contributed by atoms with Crippen LogP contribution in [0.1, 0.15) is 34.1 Å². The SMILES string of the molecule is CN1C(=O)CC(c2cccc(NC(=O)c3ccc(C(F)(F)F)cn3)c2)N=C1N. The number of aliphatic imine (C=N–C) groups is 1. The zero-order chi connectivity index (χ0) is 20.5. The molecular weight excluding hydrogens is 375 g/mol. The summed E-state index contributed by atoms with van der Waals surface area (Å²) in [7, 11) is 1.53. The topological polar surface area (TPSA) is 101 Å². The number of amides is 2. The van der Waals surface area contributed by atoms with E-state index in [0.717, 1.165) is 12.1 Å². The lowest BCUT2D eigenvalue weighted by atomic mass is 10.0. The Bertz CT molecular complexity index is 941. The minimum atomic E-state index is -4.52. The predicted octanol–water partition coefficient (Wildman–Crippen LogP) is 2.57. The van der Waals surface area contributed by atoms with Gasteiger partial charge in [0, 0.05) is 18.9 Å². The molecule has 1 atom stereocenters. The minimum absolute atomic E-state index is 0.102. The van der Waals surface area contributed by atoms with Gasteiger partial charge in [0.25, 0.3) is 5.91 Å². The van der Waals surface area contributed by atoms with E-state index < -0.39 is 23.7 Å². The van der Waals surface area contributed by atoms with Gasteiger partial charge in [-0.25, -0.2) is 4.99 Å². The average molecular weight is 391 g/mol. The Morgan fingerprint density at radius 2 is 2.04 bits per heavy atom. The lowest BCUT2D eigenvalue weighted by molar-refractivity contribution is -0.137. The quantitative estimate of drug-likeness (QED) is 0.840. The summed E-state index contributed by atoms with van der Waals surface area (Å²) < 4.78 is 37.7. The van der Waals surface area contributed by atoms with Gasteiger partial charge in [-0.05, 0) is 29.8 Å². The molecule has 1 aliphatic heterocycles. The second-order valence-corrected chi connectivity index (χ2v) is 6.17. The maximum Gasteiger partial charge on any atom is 0.417 e. The van der Waals surface area contributed by atoms with Crippen molar-refractivity contribution in [3.8, 4) is 0 Å². The molecule has 3 rings (SSSR count). The van der Waals surface area contributed by atoms with Gasteiger partial charge >= 0.3 is 6.18 Å². The monoisotopic (exact) mass is 391 g/mol. The first-order valence-corrected chi connectivity index (χ1v) is 8.19. The van der Waals surface area contributed by atoms with Crippen molar-refractivity contribution in [1.29, 1.82) is 0 Å². The highest BCUT2D eigenvalue weighted by Crippen LogP contribution is 2.29. The minimum Gasteiger partial charge on any atom is -0.369 e. The number of carbonyl (C=O) groups excluding carboxylic acids is 2. The molecule has 1 aromatic carbocycles. The second-order valence-electron chi connectivity index (χ2n) is 6.17. The van der Waals surface area contributed by atoms with Crippen LogP contribution in [-0.4, -0.2) is 34.7 Å². The van der Waals surface area contributed by atoms with Crippen molar-refractivity contribution in [3.63, 3.8) is 0 Å². The number of hydrogen-bond donors (Lipinski definition) is 2. The highest BCUT2D eigenvalue weighted by molar-refractivity contribution is 6.03. The highest BCUT2D eigenvalue weighted by atomic mass is 19.4. The number of guanidine groups is 1. The second kappa shape index (κ2) is 7.29. The van der Waals surface area contributed by atoms with Crippen LogP contribution < -0.4 is 11.1 Å². The molecule has 3 N–H and O–H groups in total. The first-order chi connectivity index (χ1) is 13.1. The number of nitrogens with one attached hydrogen (secondary N) is 1. The Balaban J connectivity index is 1.76. The van der Waals surface area contributed by atoms with Crippen LogP contribution in [0.2, 0.25) is 0 Å². The molecule has 146 valence electrons. The van der Waals surface area contributed by atoms with Crippen LogP contribution in [0.15, 0.2) is 47.6 Å². The van der Waals surface area contributed by atoms with Crippen molar-refractivity contribution in [3.05, 3.63) is 59.4 Å². The van der Waals surface area contributed by atoms with Gasteiger partial charge in [-0.2, -0.15) is 13.2 Å². The molecule has 1 aliphatic rings. The number of nitrogens with zero attached hydrogens (tertiary/aromatic N) is 3. The number of benzene rings is 1. The van der Waals surface area contributed by atoms with Crippen molar-refractivity contribution < 1.29 is 22.8 Å². The number of nitrogens with two attached hydrogens (primary N) is 1. The number of aromatic nitrogens is 1. The predicted molar refractivity (Wildman–Crippen MR) is 95.4 cm³/mol. The van der Waals surface area contributed by atoms with Crippen LogP contribution >= 0.6 is 0 Å². The first-order valence-electron chi connectivity index (χ1n) is 8.19. The Hall–Kier alpha value is -3.43. The molecule has 0 fully saturated rings. The Morgan fingerprint density at radius 1 is 1.29 bits per heavy atom. The van der Waals surface area contributed by atoms with E-state index in [1.54, 1.807) is 24.3 Å². The normalized spacial score (nSPS) is 17.3. The zero-order valence-corrected chi connectivity index (χ0v) is 14.7. The van der Waals surface area contributed by atoms with Crippen LogP contribution in [-0.2, 0) is 11.0 Å². The van der Waals surface area contributed by atoms with Gasteiger partial charge in [0.1, 0.15) is 5.69 Å². The fourth-order valence-electron chi connectivity index (χ4n) is 2.63. The van der Waals surface area contributed by atoms with Crippen molar-refractivity contribution in [1.82, 2.24) is 9.88 Å². The van der Waals surface area contributed by atoms with E-state index >= 15 is 0 Å². The van der Waals surface area contributed by atoms with Crippen molar-refractivity contribution in [2.24, 2.45) is 10.7 Å². The molecule has 10 heteroatoms. The van der Waals surface area contributed by atoms with Gasteiger partial charge < -0.3 is 11.1 Å². The molecule has 2 heterocycles. The van der Waals surface area contributed by atoms with E-state index in [9.17, 15) is 22.8 Å². The summed E-state index contributed by atoms with van der Waals surface area (Å²) >= 11 is 0. The summed E-state index contributed by atoms with van der Waals surface area (Å²) in [6, 6.07) is 7.95. The summed E-state index contributed by atoms with van der Waals surface area (Å²) in [5, 5.41) is 2.57. The molecule has 0 saturated carbocycles. The standard InChI is InChI=1S/C18H16F3N5O2/c1-26-15(27)8-14(25-17(26)22)10-3-2-4-12(7-10)24-16(28)13-6-5-11(9-23-13)18(19,20)21/h2-7,9,14H,8H2,1H3,(H2,22,25)(H,24,28). The molecule has 0 saturated heterocycles. The largest absolute Gasteiger partial charge is 0.417 e. The van der Waals surface area contributed by atoms with Crippen LogP contribution in [0.25, 0.3) is 0 Å². The number of rotatable bonds is 3. The Labute approximate surface area is 158 Å². The molecule has 0 aliphatic carbocycles. The van der Waals surface area contributed by atoms with E-state index in [-0.39, 0.29) is 24.0 Å². The number of pyridine rings is 1. The molecule has 0 bridgehead atoms. The summed E-state index contributed by atoms with van der Waals surface area (Å²) in [6.07, 6.45) is -3.79. The Morgan fingerprint density at radius 3 is 2.64 bits per heavy atom. The van der Waals surface area contributed by atoms with Crippen LogP contribution in [0.4, 0.5) is 18.9 Å². The maximum absolute atomic E-state index is 12.6. The van der Waals surface area contributed by atoms with E-state index in [4.69, 9.17) is 5.73 Å². The number of halogens is 3. The molecule has 1 aromatic heterocycles. The van der Waals surface area contributed by atoms with Gasteiger partial charge in [0.2, 0.25) is 5.91 Å². The van der Waals surface area contributed by atoms with E-state index in [2.05, 4.69) is 15.3 Å². The lowest BCUT2D eigenvalue weighted by Crippen LogP contribution is -2.42. The van der Waals surface area contributed by atoms with Crippen LogP contribution in [0.3, 0.4) is 0 Å². The van der Waals surface area contributed by atoms with Gasteiger partial charge in [-0.15, -0.1) is 0 Å². The van der Waals surface area contributed by atoms with Gasteiger partial charge in [0.05, 0.1) is 18.0 Å².